The van der Waals surface area contributed by atoms with Crippen LogP contribution in [0.4, 0.5) is 0 Å². The van der Waals surface area contributed by atoms with Gasteiger partial charge in [-0.3, -0.25) is 0 Å². The van der Waals surface area contributed by atoms with E-state index >= 15 is 0 Å². The van der Waals surface area contributed by atoms with E-state index in [1.807, 2.05) is 20.8 Å². The van der Waals surface area contributed by atoms with Crippen LogP contribution in [0.25, 0.3) is 0 Å². The van der Waals surface area contributed by atoms with E-state index in [-0.39, 0.29) is 30.5 Å². The van der Waals surface area contributed by atoms with Crippen molar-refractivity contribution in [2.45, 2.75) is 79.3 Å². The lowest BCUT2D eigenvalue weighted by Gasteiger charge is -2.40. The van der Waals surface area contributed by atoms with Gasteiger partial charge in [-0.05, 0) is 39.5 Å². The fourth-order valence-corrected chi connectivity index (χ4v) is 2.11. The van der Waals surface area contributed by atoms with Crippen molar-refractivity contribution < 1.29 is 19.3 Å². The molecule has 0 saturated carbocycles. The molecule has 4 heteroatoms. The number of hydrogen-bond acceptors (Lipinski definition) is 4. The van der Waals surface area contributed by atoms with Crippen LogP contribution in [0.5, 0.6) is 0 Å². The Morgan fingerprint density at radius 2 is 1.19 bits per heavy atom. The van der Waals surface area contributed by atoms with Gasteiger partial charge in [0.2, 0.25) is 0 Å². The van der Waals surface area contributed by atoms with Crippen molar-refractivity contribution in [3.05, 3.63) is 0 Å². The van der Waals surface area contributed by atoms with Crippen LogP contribution in [0.3, 0.4) is 0 Å². The molecule has 0 aliphatic rings. The summed E-state index contributed by atoms with van der Waals surface area (Å²) in [7, 11) is 0. The molecule has 3 atom stereocenters. The minimum atomic E-state index is -0.145. The molecule has 21 heavy (non-hydrogen) atoms. The maximum atomic E-state index is 8.91. The lowest BCUT2D eigenvalue weighted by atomic mass is 9.82. The monoisotopic (exact) mass is 304 g/mol. The fourth-order valence-electron chi connectivity index (χ4n) is 2.11. The van der Waals surface area contributed by atoms with Gasteiger partial charge in [0, 0.05) is 0 Å². The Morgan fingerprint density at radius 1 is 0.762 bits per heavy atom. The Bertz CT molecular complexity index is 258. The van der Waals surface area contributed by atoms with Crippen LogP contribution in [-0.2, 0) is 14.2 Å². The number of hydrogen-bond donors (Lipinski definition) is 1. The molecule has 0 fully saturated rings. The maximum absolute atomic E-state index is 8.91. The van der Waals surface area contributed by atoms with E-state index in [0.29, 0.717) is 25.0 Å². The zero-order chi connectivity index (χ0) is 16.6. The largest absolute Gasteiger partial charge is 0.394 e. The van der Waals surface area contributed by atoms with Gasteiger partial charge >= 0.3 is 0 Å². The highest BCUT2D eigenvalue weighted by Gasteiger charge is 2.34. The predicted octanol–water partition coefficient (Wildman–Crippen LogP) is 3.26. The minimum Gasteiger partial charge on any atom is -0.394 e. The molecule has 0 radical (unpaired) electrons. The molecule has 1 N–H and O–H groups in total. The molecule has 0 spiro atoms. The van der Waals surface area contributed by atoms with Crippen molar-refractivity contribution in [2.24, 2.45) is 11.8 Å². The second-order valence-corrected chi connectivity index (χ2v) is 6.89. The van der Waals surface area contributed by atoms with Gasteiger partial charge in [-0.2, -0.15) is 0 Å². The molecule has 0 aromatic rings. The predicted molar refractivity (Wildman–Crippen MR) is 86.5 cm³/mol. The lowest BCUT2D eigenvalue weighted by molar-refractivity contribution is -0.157. The molecular formula is C17H36O4. The van der Waals surface area contributed by atoms with Gasteiger partial charge in [0.05, 0.1) is 43.7 Å². The first-order chi connectivity index (χ1) is 9.63. The third-order valence-electron chi connectivity index (χ3n) is 4.24. The summed E-state index contributed by atoms with van der Waals surface area (Å²) in [5, 5.41) is 8.91. The second-order valence-electron chi connectivity index (χ2n) is 6.89. The third-order valence-corrected chi connectivity index (χ3v) is 4.24. The van der Waals surface area contributed by atoms with Gasteiger partial charge < -0.3 is 19.3 Å². The molecule has 0 saturated heterocycles. The van der Waals surface area contributed by atoms with Gasteiger partial charge in [-0.15, -0.1) is 0 Å². The van der Waals surface area contributed by atoms with E-state index in [1.165, 1.54) is 0 Å². The van der Waals surface area contributed by atoms with Crippen LogP contribution in [0, 0.1) is 11.8 Å². The summed E-state index contributed by atoms with van der Waals surface area (Å²) in [4.78, 5) is 0. The zero-order valence-electron chi connectivity index (χ0n) is 15.2. The van der Waals surface area contributed by atoms with Crippen molar-refractivity contribution in [1.29, 1.82) is 0 Å². The summed E-state index contributed by atoms with van der Waals surface area (Å²) in [6.07, 6.45) is -0.109. The first-order valence-electron chi connectivity index (χ1n) is 8.15. The molecule has 0 rings (SSSR count). The highest BCUT2D eigenvalue weighted by Crippen LogP contribution is 2.31. The molecule has 0 bridgehead atoms. The van der Waals surface area contributed by atoms with Crippen molar-refractivity contribution in [3.63, 3.8) is 0 Å². The van der Waals surface area contributed by atoms with Crippen LogP contribution in [0.15, 0.2) is 0 Å². The number of ether oxygens (including phenoxy) is 3. The fraction of sp³-hybridized carbons (Fsp3) is 1.00. The van der Waals surface area contributed by atoms with Crippen molar-refractivity contribution >= 4 is 0 Å². The van der Waals surface area contributed by atoms with Gasteiger partial charge in [0.1, 0.15) is 0 Å². The lowest BCUT2D eigenvalue weighted by Crippen LogP contribution is -2.44. The maximum Gasteiger partial charge on any atom is 0.0788 e. The molecule has 3 unspecified atom stereocenters. The van der Waals surface area contributed by atoms with Gasteiger partial charge in [0.15, 0.2) is 0 Å². The summed E-state index contributed by atoms with van der Waals surface area (Å²) < 4.78 is 17.5. The molecule has 0 aliphatic carbocycles. The van der Waals surface area contributed by atoms with E-state index in [9.17, 15) is 0 Å². The first-order valence-corrected chi connectivity index (χ1v) is 8.15. The van der Waals surface area contributed by atoms with Gasteiger partial charge in [0.25, 0.3) is 0 Å². The Balaban J connectivity index is 4.16. The molecule has 4 nitrogen and oxygen atoms in total. The second kappa shape index (κ2) is 9.78. The van der Waals surface area contributed by atoms with Gasteiger partial charge in [-0.1, -0.05) is 27.7 Å². The van der Waals surface area contributed by atoms with Crippen LogP contribution >= 0.6 is 0 Å². The van der Waals surface area contributed by atoms with Crippen molar-refractivity contribution in [2.75, 3.05) is 19.8 Å². The average Bonchev–Trinajstić information content (AvgIpc) is 2.41. The number of rotatable bonds is 11. The molecule has 0 aliphatic heterocycles. The molecule has 128 valence electrons. The molecule has 0 aromatic heterocycles. The highest BCUT2D eigenvalue weighted by molar-refractivity contribution is 4.83. The smallest absolute Gasteiger partial charge is 0.0788 e. The van der Waals surface area contributed by atoms with E-state index in [0.717, 1.165) is 0 Å². The van der Waals surface area contributed by atoms with E-state index in [1.54, 1.807) is 0 Å². The van der Waals surface area contributed by atoms with Gasteiger partial charge in [-0.25, -0.2) is 0 Å². The molecule has 0 heterocycles. The normalized spacial score (nSPS) is 17.3. The van der Waals surface area contributed by atoms with Crippen molar-refractivity contribution in [1.82, 2.24) is 0 Å². The molecule has 0 amide bonds. The molecular weight excluding hydrogens is 268 g/mol. The van der Waals surface area contributed by atoms with Crippen LogP contribution in [-0.4, -0.2) is 48.8 Å². The number of aliphatic hydroxyl groups excluding tert-OH is 1. The van der Waals surface area contributed by atoms with Crippen LogP contribution in [0.2, 0.25) is 0 Å². The Labute approximate surface area is 131 Å². The average molecular weight is 304 g/mol. The van der Waals surface area contributed by atoms with E-state index < -0.39 is 0 Å². The molecule has 0 aromatic carbocycles. The highest BCUT2D eigenvalue weighted by atomic mass is 16.6. The summed E-state index contributed by atoms with van der Waals surface area (Å²) in [5.41, 5.74) is -0.145. The topological polar surface area (TPSA) is 47.9 Å². The Kier molecular flexibility index (Phi) is 9.70. The SMILES string of the molecule is CC(CO)OCC(C)OCC(C)OC(C)(C(C)C)C(C)C. The van der Waals surface area contributed by atoms with Crippen LogP contribution in [0.1, 0.15) is 55.4 Å². The van der Waals surface area contributed by atoms with E-state index in [2.05, 4.69) is 34.6 Å². The summed E-state index contributed by atoms with van der Waals surface area (Å²) in [6.45, 7) is 17.9. The third kappa shape index (κ3) is 7.59. The standard InChI is InChI=1S/C17H36O4/c1-12(2)17(8,13(3)4)21-16(7)11-20-15(6)10-19-14(5)9-18/h12-16,18H,9-11H2,1-8H3. The first kappa shape index (κ1) is 20.8. The summed E-state index contributed by atoms with van der Waals surface area (Å²) in [6, 6.07) is 0. The summed E-state index contributed by atoms with van der Waals surface area (Å²) >= 11 is 0. The number of aliphatic hydroxyl groups is 1. The zero-order valence-corrected chi connectivity index (χ0v) is 15.2. The minimum absolute atomic E-state index is 0.00518. The Hall–Kier alpha value is -0.160. The Morgan fingerprint density at radius 3 is 1.62 bits per heavy atom. The quantitative estimate of drug-likeness (QED) is 0.636. The van der Waals surface area contributed by atoms with Crippen molar-refractivity contribution in [3.8, 4) is 0 Å². The van der Waals surface area contributed by atoms with Crippen LogP contribution < -0.4 is 0 Å². The summed E-state index contributed by atoms with van der Waals surface area (Å²) in [5.74, 6) is 0.900. The van der Waals surface area contributed by atoms with E-state index in [4.69, 9.17) is 19.3 Å².